The summed E-state index contributed by atoms with van der Waals surface area (Å²) in [5.41, 5.74) is 6.46. The van der Waals surface area contributed by atoms with Crippen LogP contribution in [-0.2, 0) is 9.53 Å². The quantitative estimate of drug-likeness (QED) is 0.775. The first kappa shape index (κ1) is 13.4. The van der Waals surface area contributed by atoms with Crippen LogP contribution in [0.5, 0.6) is 5.88 Å². The third kappa shape index (κ3) is 2.70. The zero-order valence-electron chi connectivity index (χ0n) is 11.0. The number of nitrogens with one attached hydrogen (secondary N) is 1. The third-order valence-corrected chi connectivity index (χ3v) is 3.04. The van der Waals surface area contributed by atoms with Gasteiger partial charge in [0.1, 0.15) is 6.04 Å². The summed E-state index contributed by atoms with van der Waals surface area (Å²) in [6.07, 6.45) is 0. The minimum Gasteiger partial charge on any atom is -0.481 e. The molecule has 104 valence electrons. The zero-order valence-corrected chi connectivity index (χ0v) is 11.0. The van der Waals surface area contributed by atoms with Gasteiger partial charge in [0.15, 0.2) is 5.82 Å². The largest absolute Gasteiger partial charge is 0.481 e. The summed E-state index contributed by atoms with van der Waals surface area (Å²) in [6.45, 7) is 1.41. The van der Waals surface area contributed by atoms with Gasteiger partial charge in [-0.25, -0.2) is 0 Å². The van der Waals surface area contributed by atoms with Crippen LogP contribution < -0.4 is 20.7 Å². The van der Waals surface area contributed by atoms with E-state index >= 15 is 0 Å². The van der Waals surface area contributed by atoms with Gasteiger partial charge in [0.2, 0.25) is 11.8 Å². The van der Waals surface area contributed by atoms with Crippen LogP contribution in [0, 0.1) is 0 Å². The van der Waals surface area contributed by atoms with E-state index in [-0.39, 0.29) is 5.91 Å². The summed E-state index contributed by atoms with van der Waals surface area (Å²) in [5, 5.41) is 2.62. The molecule has 0 saturated carbocycles. The molecule has 7 nitrogen and oxygen atoms in total. The molecular weight excluding hydrogens is 248 g/mol. The zero-order chi connectivity index (χ0) is 13.8. The number of carbonyl (C=O) groups is 1. The first-order valence-corrected chi connectivity index (χ1v) is 6.04. The number of ether oxygens (including phenoxy) is 2. The second-order valence-electron chi connectivity index (χ2n) is 4.16. The molecule has 3 N–H and O–H groups in total. The highest BCUT2D eigenvalue weighted by Crippen LogP contribution is 2.26. The average Bonchev–Trinajstić information content (AvgIpc) is 2.47. The number of nitrogen functional groups attached to an aromatic ring is 1. The summed E-state index contributed by atoms with van der Waals surface area (Å²) in [5.74, 6) is 0.895. The molecule has 1 amide bonds. The molecule has 0 aromatic carbocycles. The first-order valence-electron chi connectivity index (χ1n) is 6.04. The van der Waals surface area contributed by atoms with E-state index in [1.807, 2.05) is 4.90 Å². The fourth-order valence-electron chi connectivity index (χ4n) is 2.03. The van der Waals surface area contributed by atoms with E-state index in [9.17, 15) is 4.79 Å². The number of likely N-dealkylation sites (N-methyl/N-ethyl adjacent to an activating group) is 1. The number of morpholine rings is 1. The van der Waals surface area contributed by atoms with Crippen LogP contribution in [0.25, 0.3) is 0 Å². The van der Waals surface area contributed by atoms with Gasteiger partial charge in [0.25, 0.3) is 0 Å². The van der Waals surface area contributed by atoms with Crippen LogP contribution in [0.1, 0.15) is 0 Å². The second-order valence-corrected chi connectivity index (χ2v) is 4.16. The molecule has 1 saturated heterocycles. The molecule has 1 unspecified atom stereocenters. The van der Waals surface area contributed by atoms with Crippen molar-refractivity contribution >= 4 is 17.4 Å². The number of hydrogen-bond acceptors (Lipinski definition) is 6. The number of anilines is 2. The van der Waals surface area contributed by atoms with Crippen molar-refractivity contribution in [1.29, 1.82) is 0 Å². The van der Waals surface area contributed by atoms with Crippen molar-refractivity contribution in [2.24, 2.45) is 0 Å². The third-order valence-electron chi connectivity index (χ3n) is 3.04. The molecule has 0 bridgehead atoms. The molecule has 0 radical (unpaired) electrons. The fraction of sp³-hybridized carbons (Fsp3) is 0.500. The van der Waals surface area contributed by atoms with Crippen molar-refractivity contribution in [3.8, 4) is 5.88 Å². The number of nitrogens with zero attached hydrogens (tertiary/aromatic N) is 2. The Bertz CT molecular complexity index is 466. The van der Waals surface area contributed by atoms with Gasteiger partial charge in [-0.3, -0.25) is 4.79 Å². The molecule has 19 heavy (non-hydrogen) atoms. The van der Waals surface area contributed by atoms with E-state index < -0.39 is 6.04 Å². The fourth-order valence-corrected chi connectivity index (χ4v) is 2.03. The number of hydrogen-bond donors (Lipinski definition) is 2. The molecule has 1 aromatic rings. The number of amides is 1. The lowest BCUT2D eigenvalue weighted by Crippen LogP contribution is -2.53. The molecule has 2 heterocycles. The smallest absolute Gasteiger partial charge is 0.244 e. The van der Waals surface area contributed by atoms with Crippen LogP contribution in [0.15, 0.2) is 12.1 Å². The lowest BCUT2D eigenvalue weighted by atomic mass is 10.2. The van der Waals surface area contributed by atoms with Crippen molar-refractivity contribution in [3.63, 3.8) is 0 Å². The summed E-state index contributed by atoms with van der Waals surface area (Å²) < 4.78 is 10.4. The molecule has 0 aliphatic carbocycles. The van der Waals surface area contributed by atoms with Crippen molar-refractivity contribution in [2.45, 2.75) is 6.04 Å². The Kier molecular flexibility index (Phi) is 4.06. The molecule has 0 spiro atoms. The second kappa shape index (κ2) is 5.75. The van der Waals surface area contributed by atoms with Gasteiger partial charge < -0.3 is 25.4 Å². The summed E-state index contributed by atoms with van der Waals surface area (Å²) in [6, 6.07) is 2.98. The monoisotopic (exact) mass is 266 g/mol. The Labute approximate surface area is 111 Å². The predicted octanol–water partition coefficient (Wildman–Crippen LogP) is -0.376. The lowest BCUT2D eigenvalue weighted by Gasteiger charge is -2.35. The molecule has 1 fully saturated rings. The van der Waals surface area contributed by atoms with Crippen molar-refractivity contribution < 1.29 is 14.3 Å². The van der Waals surface area contributed by atoms with E-state index in [1.54, 1.807) is 19.2 Å². The van der Waals surface area contributed by atoms with Crippen LogP contribution in [-0.4, -0.2) is 50.8 Å². The summed E-state index contributed by atoms with van der Waals surface area (Å²) in [4.78, 5) is 18.1. The number of methoxy groups -OCH3 is 1. The van der Waals surface area contributed by atoms with Gasteiger partial charge in [0.05, 0.1) is 26.0 Å². The van der Waals surface area contributed by atoms with Crippen molar-refractivity contribution in [2.75, 3.05) is 44.5 Å². The molecular formula is C12H18N4O3. The van der Waals surface area contributed by atoms with Crippen LogP contribution in [0.2, 0.25) is 0 Å². The number of aromatic nitrogens is 1. The van der Waals surface area contributed by atoms with E-state index in [2.05, 4.69) is 10.3 Å². The van der Waals surface area contributed by atoms with Crippen molar-refractivity contribution in [3.05, 3.63) is 12.1 Å². The predicted molar refractivity (Wildman–Crippen MR) is 71.2 cm³/mol. The topological polar surface area (TPSA) is 89.7 Å². The van der Waals surface area contributed by atoms with Gasteiger partial charge in [0, 0.05) is 19.7 Å². The first-order chi connectivity index (χ1) is 9.17. The minimum atomic E-state index is -0.430. The van der Waals surface area contributed by atoms with Gasteiger partial charge >= 0.3 is 0 Å². The van der Waals surface area contributed by atoms with Crippen LogP contribution >= 0.6 is 0 Å². The summed E-state index contributed by atoms with van der Waals surface area (Å²) in [7, 11) is 3.13. The van der Waals surface area contributed by atoms with E-state index in [0.717, 1.165) is 0 Å². The summed E-state index contributed by atoms with van der Waals surface area (Å²) >= 11 is 0. The normalized spacial score (nSPS) is 19.1. The van der Waals surface area contributed by atoms with Gasteiger partial charge in [-0.2, -0.15) is 4.98 Å². The van der Waals surface area contributed by atoms with E-state index in [0.29, 0.717) is 37.1 Å². The Morgan fingerprint density at radius 1 is 1.63 bits per heavy atom. The standard InChI is InChI=1S/C12H18N4O3/c1-14-12(17)9-7-19-6-5-16(9)11-8(13)3-4-10(15-11)18-2/h3-4,9H,5-7,13H2,1-2H3,(H,14,17). The maximum Gasteiger partial charge on any atom is 0.244 e. The molecule has 2 rings (SSSR count). The Balaban J connectivity index is 2.34. The molecule has 1 aliphatic rings. The molecule has 1 aromatic heterocycles. The van der Waals surface area contributed by atoms with Gasteiger partial charge in [-0.1, -0.05) is 0 Å². The Morgan fingerprint density at radius 2 is 2.42 bits per heavy atom. The highest BCUT2D eigenvalue weighted by Gasteiger charge is 2.31. The lowest BCUT2D eigenvalue weighted by molar-refractivity contribution is -0.124. The highest BCUT2D eigenvalue weighted by atomic mass is 16.5. The average molecular weight is 266 g/mol. The van der Waals surface area contributed by atoms with Crippen molar-refractivity contribution in [1.82, 2.24) is 10.3 Å². The maximum atomic E-state index is 11.9. The highest BCUT2D eigenvalue weighted by molar-refractivity contribution is 5.86. The number of rotatable bonds is 3. The Hall–Kier alpha value is -2.02. The Morgan fingerprint density at radius 3 is 3.11 bits per heavy atom. The number of nitrogens with two attached hydrogens (primary N) is 1. The van der Waals surface area contributed by atoms with E-state index in [1.165, 1.54) is 7.11 Å². The minimum absolute atomic E-state index is 0.122. The molecule has 1 atom stereocenters. The number of pyridine rings is 1. The SMILES string of the molecule is CNC(=O)C1COCCN1c1nc(OC)ccc1N. The molecule has 7 heteroatoms. The molecule has 1 aliphatic heterocycles. The van der Waals surface area contributed by atoms with Gasteiger partial charge in [-0.15, -0.1) is 0 Å². The number of carbonyl (C=O) groups excluding carboxylic acids is 1. The maximum absolute atomic E-state index is 11.9. The van der Waals surface area contributed by atoms with Gasteiger partial charge in [-0.05, 0) is 6.07 Å². The van der Waals surface area contributed by atoms with Crippen LogP contribution in [0.4, 0.5) is 11.5 Å². The van der Waals surface area contributed by atoms with E-state index in [4.69, 9.17) is 15.2 Å². The van der Waals surface area contributed by atoms with Crippen LogP contribution in [0.3, 0.4) is 0 Å².